The minimum absolute atomic E-state index is 0.00736. The molecule has 0 saturated heterocycles. The molecule has 0 saturated carbocycles. The second kappa shape index (κ2) is 6.23. The highest BCUT2D eigenvalue weighted by atomic mass is 16.4. The van der Waals surface area contributed by atoms with Crippen molar-refractivity contribution in [3.63, 3.8) is 0 Å². The predicted octanol–water partition coefficient (Wildman–Crippen LogP) is -0.00970. The number of carboxylic acid groups (broad SMARTS) is 1. The number of carbonyl (C=O) groups excluding carboxylic acids is 2. The van der Waals surface area contributed by atoms with Crippen molar-refractivity contribution in [2.75, 3.05) is 23.3 Å². The minimum atomic E-state index is -1.53. The number of rotatable bonds is 4. The van der Waals surface area contributed by atoms with Gasteiger partial charge in [0.1, 0.15) is 6.54 Å². The summed E-state index contributed by atoms with van der Waals surface area (Å²) in [7, 11) is 0. The van der Waals surface area contributed by atoms with Crippen molar-refractivity contribution in [3.8, 4) is 0 Å². The average molecular weight is 293 g/mol. The highest BCUT2D eigenvalue weighted by Gasteiger charge is 2.26. The summed E-state index contributed by atoms with van der Waals surface area (Å²) in [5, 5.41) is 22.8. The molecule has 0 radical (unpaired) electrons. The van der Waals surface area contributed by atoms with E-state index in [0.29, 0.717) is 11.4 Å². The molecule has 2 rings (SSSR count). The zero-order valence-electron chi connectivity index (χ0n) is 11.1. The Labute approximate surface area is 120 Å². The monoisotopic (exact) mass is 293 g/mol. The number of hydrogen-bond acceptors (Lipinski definition) is 4. The van der Waals surface area contributed by atoms with E-state index < -0.39 is 18.1 Å². The van der Waals surface area contributed by atoms with Crippen LogP contribution in [-0.4, -0.2) is 47.3 Å². The number of hydrogen-bond donors (Lipinski definition) is 4. The second-order valence-electron chi connectivity index (χ2n) is 4.53. The zero-order valence-corrected chi connectivity index (χ0v) is 11.1. The molecule has 8 nitrogen and oxygen atoms in total. The number of nitrogens with one attached hydrogen (secondary N) is 2. The SMILES string of the molecule is O=C1CN(C(=O)NCC[C@H](O)C(=O)O)c2ccccc2N1. The largest absolute Gasteiger partial charge is 0.479 e. The molecule has 0 aromatic heterocycles. The van der Waals surface area contributed by atoms with Crippen LogP contribution in [0.25, 0.3) is 0 Å². The van der Waals surface area contributed by atoms with Gasteiger partial charge < -0.3 is 20.8 Å². The van der Waals surface area contributed by atoms with Crippen molar-refractivity contribution in [2.45, 2.75) is 12.5 Å². The topological polar surface area (TPSA) is 119 Å². The van der Waals surface area contributed by atoms with Gasteiger partial charge in [-0.15, -0.1) is 0 Å². The number of carbonyl (C=O) groups is 3. The fourth-order valence-corrected chi connectivity index (χ4v) is 1.95. The highest BCUT2D eigenvalue weighted by molar-refractivity contribution is 6.09. The summed E-state index contributed by atoms with van der Waals surface area (Å²) < 4.78 is 0. The van der Waals surface area contributed by atoms with Gasteiger partial charge in [-0.25, -0.2) is 9.59 Å². The lowest BCUT2D eigenvalue weighted by Gasteiger charge is -2.29. The van der Waals surface area contributed by atoms with E-state index in [1.165, 1.54) is 4.90 Å². The molecule has 0 bridgehead atoms. The van der Waals surface area contributed by atoms with E-state index in [0.717, 1.165) is 0 Å². The van der Waals surface area contributed by atoms with E-state index in [1.807, 2.05) is 0 Å². The van der Waals surface area contributed by atoms with Gasteiger partial charge in [0.2, 0.25) is 5.91 Å². The number of fused-ring (bicyclic) bond motifs is 1. The normalized spacial score (nSPS) is 14.9. The van der Waals surface area contributed by atoms with Gasteiger partial charge >= 0.3 is 12.0 Å². The number of aliphatic carboxylic acids is 1. The zero-order chi connectivity index (χ0) is 15.4. The number of aliphatic hydroxyl groups excluding tert-OH is 1. The molecule has 1 aromatic rings. The number of amides is 3. The molecule has 0 aliphatic carbocycles. The van der Waals surface area contributed by atoms with Gasteiger partial charge in [-0.3, -0.25) is 9.69 Å². The minimum Gasteiger partial charge on any atom is -0.479 e. The molecule has 1 aliphatic heterocycles. The molecule has 0 spiro atoms. The fraction of sp³-hybridized carbons (Fsp3) is 0.308. The van der Waals surface area contributed by atoms with E-state index in [1.54, 1.807) is 24.3 Å². The summed E-state index contributed by atoms with van der Waals surface area (Å²) in [6.07, 6.45) is -1.63. The summed E-state index contributed by atoms with van der Waals surface area (Å²) in [6, 6.07) is 6.34. The van der Waals surface area contributed by atoms with Gasteiger partial charge in [-0.2, -0.15) is 0 Å². The third-order valence-electron chi connectivity index (χ3n) is 2.99. The number of para-hydroxylation sites is 2. The highest BCUT2D eigenvalue weighted by Crippen LogP contribution is 2.28. The molecule has 1 atom stereocenters. The van der Waals surface area contributed by atoms with Crippen LogP contribution < -0.4 is 15.5 Å². The van der Waals surface area contributed by atoms with Crippen LogP contribution in [0.15, 0.2) is 24.3 Å². The fourth-order valence-electron chi connectivity index (χ4n) is 1.95. The standard InChI is InChI=1S/C13H15N3O5/c17-10(12(19)20)5-6-14-13(21)16-7-11(18)15-8-3-1-2-4-9(8)16/h1-4,10,17H,5-7H2,(H,14,21)(H,15,18)(H,19,20)/t10-/m0/s1. The Morgan fingerprint density at radius 1 is 1.38 bits per heavy atom. The Hall–Kier alpha value is -2.61. The first-order valence-electron chi connectivity index (χ1n) is 6.34. The molecule has 21 heavy (non-hydrogen) atoms. The number of carboxylic acids is 1. The third-order valence-corrected chi connectivity index (χ3v) is 2.99. The van der Waals surface area contributed by atoms with Crippen molar-refractivity contribution in [1.82, 2.24) is 5.32 Å². The Bertz CT molecular complexity index is 575. The first-order chi connectivity index (χ1) is 9.99. The van der Waals surface area contributed by atoms with Gasteiger partial charge in [-0.05, 0) is 12.1 Å². The summed E-state index contributed by atoms with van der Waals surface area (Å²) in [4.78, 5) is 35.3. The number of aliphatic hydroxyl groups is 1. The first kappa shape index (κ1) is 14.8. The summed E-state index contributed by atoms with van der Waals surface area (Å²) in [5.41, 5.74) is 1.10. The molecular weight excluding hydrogens is 278 g/mol. The summed E-state index contributed by atoms with van der Waals surface area (Å²) in [5.74, 6) is -1.65. The first-order valence-corrected chi connectivity index (χ1v) is 6.34. The van der Waals surface area contributed by atoms with Crippen molar-refractivity contribution in [2.24, 2.45) is 0 Å². The molecule has 112 valence electrons. The van der Waals surface area contributed by atoms with E-state index in [9.17, 15) is 14.4 Å². The second-order valence-corrected chi connectivity index (χ2v) is 4.53. The summed E-state index contributed by atoms with van der Waals surface area (Å²) in [6.45, 7) is -0.128. The van der Waals surface area contributed by atoms with Crippen LogP contribution >= 0.6 is 0 Å². The maximum absolute atomic E-state index is 12.1. The third kappa shape index (κ3) is 3.48. The number of urea groups is 1. The van der Waals surface area contributed by atoms with Crippen LogP contribution in [-0.2, 0) is 9.59 Å². The van der Waals surface area contributed by atoms with Crippen LogP contribution in [0, 0.1) is 0 Å². The Kier molecular flexibility index (Phi) is 4.39. The molecular formula is C13H15N3O5. The van der Waals surface area contributed by atoms with Gasteiger partial charge in [0.15, 0.2) is 6.10 Å². The van der Waals surface area contributed by atoms with E-state index in [2.05, 4.69) is 10.6 Å². The Morgan fingerprint density at radius 2 is 2.10 bits per heavy atom. The van der Waals surface area contributed by atoms with Crippen molar-refractivity contribution < 1.29 is 24.6 Å². The quantitative estimate of drug-likeness (QED) is 0.622. The molecule has 1 aromatic carbocycles. The smallest absolute Gasteiger partial charge is 0.332 e. The van der Waals surface area contributed by atoms with Crippen molar-refractivity contribution in [1.29, 1.82) is 0 Å². The molecule has 1 aliphatic rings. The lowest BCUT2D eigenvalue weighted by Crippen LogP contribution is -2.47. The molecule has 4 N–H and O–H groups in total. The van der Waals surface area contributed by atoms with E-state index >= 15 is 0 Å². The van der Waals surface area contributed by atoms with Crippen LogP contribution in [0.2, 0.25) is 0 Å². The van der Waals surface area contributed by atoms with Crippen molar-refractivity contribution in [3.05, 3.63) is 24.3 Å². The van der Waals surface area contributed by atoms with Crippen molar-refractivity contribution >= 4 is 29.3 Å². The molecule has 0 fully saturated rings. The number of nitrogens with zero attached hydrogens (tertiary/aromatic N) is 1. The Balaban J connectivity index is 2.00. The maximum Gasteiger partial charge on any atom is 0.332 e. The van der Waals surface area contributed by atoms with E-state index in [4.69, 9.17) is 10.2 Å². The predicted molar refractivity (Wildman–Crippen MR) is 74.1 cm³/mol. The van der Waals surface area contributed by atoms with Gasteiger partial charge in [-0.1, -0.05) is 12.1 Å². The molecule has 3 amide bonds. The van der Waals surface area contributed by atoms with Crippen LogP contribution in [0.3, 0.4) is 0 Å². The lowest BCUT2D eigenvalue weighted by atomic mass is 10.2. The summed E-state index contributed by atoms with van der Waals surface area (Å²) >= 11 is 0. The average Bonchev–Trinajstić information content (AvgIpc) is 2.45. The molecule has 8 heteroatoms. The van der Waals surface area contributed by atoms with Crippen LogP contribution in [0.4, 0.5) is 16.2 Å². The van der Waals surface area contributed by atoms with Crippen LogP contribution in [0.5, 0.6) is 0 Å². The maximum atomic E-state index is 12.1. The molecule has 0 unspecified atom stereocenters. The molecule has 1 heterocycles. The van der Waals surface area contributed by atoms with Gasteiger partial charge in [0.05, 0.1) is 11.4 Å². The van der Waals surface area contributed by atoms with Crippen LogP contribution in [0.1, 0.15) is 6.42 Å². The number of benzene rings is 1. The van der Waals surface area contributed by atoms with E-state index in [-0.39, 0.29) is 25.4 Å². The van der Waals surface area contributed by atoms with Gasteiger partial charge in [0, 0.05) is 13.0 Å². The Morgan fingerprint density at radius 3 is 2.81 bits per heavy atom. The number of anilines is 2. The lowest BCUT2D eigenvalue weighted by molar-refractivity contribution is -0.146. The van der Waals surface area contributed by atoms with Gasteiger partial charge in [0.25, 0.3) is 0 Å².